The van der Waals surface area contributed by atoms with E-state index in [1.54, 1.807) is 13.1 Å². The van der Waals surface area contributed by atoms with Crippen LogP contribution in [0.2, 0.25) is 5.15 Å². The van der Waals surface area contributed by atoms with Crippen molar-refractivity contribution in [2.24, 2.45) is 7.05 Å². The molecule has 1 atom stereocenters. The molecule has 0 aliphatic carbocycles. The molecule has 0 spiro atoms. The zero-order chi connectivity index (χ0) is 11.5. The van der Waals surface area contributed by atoms with Gasteiger partial charge in [0.2, 0.25) is 5.88 Å². The molecule has 0 aromatic carbocycles. The highest BCUT2D eigenvalue weighted by Gasteiger charge is 2.22. The third-order valence-corrected chi connectivity index (χ3v) is 4.13. The summed E-state index contributed by atoms with van der Waals surface area (Å²) < 4.78 is 17.2. The van der Waals surface area contributed by atoms with E-state index in [0.29, 0.717) is 17.6 Å². The minimum absolute atomic E-state index is 0.335. The van der Waals surface area contributed by atoms with Crippen molar-refractivity contribution in [2.45, 2.75) is 6.92 Å². The quantitative estimate of drug-likeness (QED) is 0.769. The average molecular weight is 271 g/mol. The molecular formula is C7H12ClN2O3PS. The lowest BCUT2D eigenvalue weighted by Crippen LogP contribution is -2.03. The van der Waals surface area contributed by atoms with Gasteiger partial charge in [0.1, 0.15) is 0 Å². The Kier molecular flexibility index (Phi) is 4.55. The molecule has 1 aromatic rings. The largest absolute Gasteiger partial charge is 0.406 e. The second kappa shape index (κ2) is 5.27. The molecule has 0 fully saturated rings. The van der Waals surface area contributed by atoms with Crippen LogP contribution in [0.3, 0.4) is 0 Å². The summed E-state index contributed by atoms with van der Waals surface area (Å²) in [5.74, 6) is 0.429. The van der Waals surface area contributed by atoms with Gasteiger partial charge in [0.05, 0.1) is 6.61 Å². The van der Waals surface area contributed by atoms with Gasteiger partial charge in [-0.25, -0.2) is 4.68 Å². The highest BCUT2D eigenvalue weighted by atomic mass is 35.5. The number of aromatic nitrogens is 2. The number of nitrogens with zero attached hydrogens (tertiary/aromatic N) is 2. The Morgan fingerprint density at radius 2 is 2.33 bits per heavy atom. The van der Waals surface area contributed by atoms with Crippen LogP contribution in [0.4, 0.5) is 0 Å². The summed E-state index contributed by atoms with van der Waals surface area (Å²) >= 11 is 10.8. The SMILES string of the molecule is CCOP(=S)(OC)Oc1cc(Cl)nn1C. The van der Waals surface area contributed by atoms with Gasteiger partial charge in [-0.2, -0.15) is 5.10 Å². The number of hydrogen-bond donors (Lipinski definition) is 0. The topological polar surface area (TPSA) is 45.5 Å². The molecule has 8 heteroatoms. The highest BCUT2D eigenvalue weighted by molar-refractivity contribution is 8.07. The summed E-state index contributed by atoms with van der Waals surface area (Å²) in [4.78, 5) is 0. The predicted molar refractivity (Wildman–Crippen MR) is 61.8 cm³/mol. The zero-order valence-electron chi connectivity index (χ0n) is 8.64. The molecule has 1 rings (SSSR count). The van der Waals surface area contributed by atoms with Gasteiger partial charge in [-0.05, 0) is 6.92 Å². The van der Waals surface area contributed by atoms with Crippen molar-refractivity contribution in [1.29, 1.82) is 0 Å². The van der Waals surface area contributed by atoms with Crippen LogP contribution in [-0.2, 0) is 27.9 Å². The number of rotatable bonds is 5. The van der Waals surface area contributed by atoms with Crippen molar-refractivity contribution in [3.05, 3.63) is 11.2 Å². The van der Waals surface area contributed by atoms with E-state index in [-0.39, 0.29) is 0 Å². The van der Waals surface area contributed by atoms with Crippen LogP contribution in [0.25, 0.3) is 0 Å². The lowest BCUT2D eigenvalue weighted by atomic mass is 10.7. The van der Waals surface area contributed by atoms with Gasteiger partial charge in [0.25, 0.3) is 0 Å². The Bertz CT molecular complexity index is 384. The molecule has 86 valence electrons. The molecule has 0 aliphatic heterocycles. The minimum atomic E-state index is -2.72. The monoisotopic (exact) mass is 270 g/mol. The van der Waals surface area contributed by atoms with Gasteiger partial charge in [0.15, 0.2) is 5.15 Å². The summed E-state index contributed by atoms with van der Waals surface area (Å²) in [6.45, 7) is -0.476. The number of hydrogen-bond acceptors (Lipinski definition) is 5. The Balaban J connectivity index is 2.83. The molecule has 1 heterocycles. The van der Waals surface area contributed by atoms with Gasteiger partial charge in [-0.15, -0.1) is 0 Å². The Labute approximate surface area is 98.5 Å². The zero-order valence-corrected chi connectivity index (χ0v) is 11.1. The molecule has 5 nitrogen and oxygen atoms in total. The van der Waals surface area contributed by atoms with Gasteiger partial charge in [-0.1, -0.05) is 11.6 Å². The fourth-order valence-electron chi connectivity index (χ4n) is 0.891. The molecule has 15 heavy (non-hydrogen) atoms. The second-order valence-corrected chi connectivity index (χ2v) is 6.00. The summed E-state index contributed by atoms with van der Waals surface area (Å²) in [5.41, 5.74) is 0. The molecule has 0 aliphatic rings. The molecular weight excluding hydrogens is 259 g/mol. The van der Waals surface area contributed by atoms with Crippen molar-refractivity contribution >= 4 is 30.1 Å². The van der Waals surface area contributed by atoms with Gasteiger partial charge < -0.3 is 9.05 Å². The van der Waals surface area contributed by atoms with E-state index in [1.807, 2.05) is 6.92 Å². The van der Waals surface area contributed by atoms with Gasteiger partial charge in [0, 0.05) is 32.0 Å². The Morgan fingerprint density at radius 1 is 1.67 bits per heavy atom. The van der Waals surface area contributed by atoms with E-state index in [0.717, 1.165) is 0 Å². The van der Waals surface area contributed by atoms with Crippen LogP contribution in [0.1, 0.15) is 6.92 Å². The lowest BCUT2D eigenvalue weighted by Gasteiger charge is -2.18. The standard InChI is InChI=1S/C7H12ClN2O3PS/c1-4-12-14(15,11-3)13-7-5-6(8)9-10(7)2/h5H,4H2,1-3H3. The van der Waals surface area contributed by atoms with E-state index >= 15 is 0 Å². The van der Waals surface area contributed by atoms with Crippen molar-refractivity contribution in [1.82, 2.24) is 9.78 Å². The smallest absolute Gasteiger partial charge is 0.381 e. The third-order valence-electron chi connectivity index (χ3n) is 1.52. The van der Waals surface area contributed by atoms with Crippen LogP contribution in [-0.4, -0.2) is 23.5 Å². The lowest BCUT2D eigenvalue weighted by molar-refractivity contribution is 0.237. The third kappa shape index (κ3) is 3.43. The first kappa shape index (κ1) is 12.9. The maximum Gasteiger partial charge on any atom is 0.381 e. The normalized spacial score (nSPS) is 14.9. The van der Waals surface area contributed by atoms with Crippen LogP contribution < -0.4 is 4.52 Å². The number of halogens is 1. The van der Waals surface area contributed by atoms with Crippen molar-refractivity contribution in [3.63, 3.8) is 0 Å². The fourth-order valence-corrected chi connectivity index (χ4v) is 2.59. The van der Waals surface area contributed by atoms with Crippen LogP contribution in [0.5, 0.6) is 5.88 Å². The Morgan fingerprint density at radius 3 is 2.73 bits per heavy atom. The minimum Gasteiger partial charge on any atom is -0.406 e. The predicted octanol–water partition coefficient (Wildman–Crippen LogP) is 2.36. The maximum atomic E-state index is 5.70. The summed E-state index contributed by atoms with van der Waals surface area (Å²) in [7, 11) is 3.15. The van der Waals surface area contributed by atoms with E-state index in [9.17, 15) is 0 Å². The molecule has 0 bridgehead atoms. The van der Waals surface area contributed by atoms with Crippen LogP contribution in [0.15, 0.2) is 6.07 Å². The summed E-state index contributed by atoms with van der Waals surface area (Å²) in [5, 5.41) is 4.24. The van der Waals surface area contributed by atoms with E-state index in [4.69, 9.17) is 37.0 Å². The molecule has 0 N–H and O–H groups in total. The van der Waals surface area contributed by atoms with E-state index < -0.39 is 6.72 Å². The Hall–Kier alpha value is -0.130. The molecule has 0 saturated heterocycles. The van der Waals surface area contributed by atoms with E-state index in [2.05, 4.69) is 5.10 Å². The van der Waals surface area contributed by atoms with Crippen molar-refractivity contribution in [3.8, 4) is 5.88 Å². The number of aryl methyl sites for hydroxylation is 1. The molecule has 0 amide bonds. The van der Waals surface area contributed by atoms with Gasteiger partial charge >= 0.3 is 6.72 Å². The fraction of sp³-hybridized carbons (Fsp3) is 0.571. The first-order valence-corrected chi connectivity index (χ1v) is 7.13. The second-order valence-electron chi connectivity index (χ2n) is 2.57. The highest BCUT2D eigenvalue weighted by Crippen LogP contribution is 2.48. The van der Waals surface area contributed by atoms with Gasteiger partial charge in [-0.3, -0.25) is 4.52 Å². The average Bonchev–Trinajstić information content (AvgIpc) is 2.45. The maximum absolute atomic E-state index is 5.70. The van der Waals surface area contributed by atoms with Crippen molar-refractivity contribution in [2.75, 3.05) is 13.7 Å². The molecule has 1 unspecified atom stereocenters. The molecule has 0 radical (unpaired) electrons. The summed E-state index contributed by atoms with van der Waals surface area (Å²) in [6, 6.07) is 1.56. The molecule has 0 saturated carbocycles. The molecule has 1 aromatic heterocycles. The van der Waals surface area contributed by atoms with Crippen molar-refractivity contribution < 1.29 is 13.6 Å². The van der Waals surface area contributed by atoms with E-state index in [1.165, 1.54) is 11.8 Å². The first-order chi connectivity index (χ1) is 7.00. The summed E-state index contributed by atoms with van der Waals surface area (Å²) in [6.07, 6.45) is 0. The van der Waals surface area contributed by atoms with Crippen LogP contribution in [0, 0.1) is 0 Å². The first-order valence-electron chi connectivity index (χ1n) is 4.20. The van der Waals surface area contributed by atoms with Crippen LogP contribution >= 0.6 is 18.3 Å².